The van der Waals surface area contributed by atoms with Crippen molar-refractivity contribution in [2.75, 3.05) is 0 Å². The lowest BCUT2D eigenvalue weighted by atomic mass is 9.62. The van der Waals surface area contributed by atoms with Crippen molar-refractivity contribution in [1.82, 2.24) is 15.0 Å². The van der Waals surface area contributed by atoms with E-state index in [2.05, 4.69) is 105 Å². The largest absolute Gasteiger partial charge is 0.462 e. The molecule has 6 aromatic rings. The molecule has 12 rings (SSSR count). The summed E-state index contributed by atoms with van der Waals surface area (Å²) in [5.74, 6) is 4.76. The third kappa shape index (κ3) is 13.6. The van der Waals surface area contributed by atoms with Crippen LogP contribution in [0.2, 0.25) is 20.1 Å². The maximum Gasteiger partial charge on any atom is 0.309 e. The highest BCUT2D eigenvalue weighted by molar-refractivity contribution is 6.43. The number of carbonyl (C=O) groups excluding carboxylic acids is 3. The van der Waals surface area contributed by atoms with Crippen LogP contribution < -0.4 is 0 Å². The molecule has 9 nitrogen and oxygen atoms in total. The van der Waals surface area contributed by atoms with Gasteiger partial charge in [0.1, 0.15) is 18.3 Å². The van der Waals surface area contributed by atoms with E-state index in [1.54, 1.807) is 6.07 Å². The topological polar surface area (TPSA) is 118 Å². The number of rotatable bonds is 9. The quantitative estimate of drug-likeness (QED) is 0.103. The Bertz CT molecular complexity index is 3440. The first-order valence-corrected chi connectivity index (χ1v) is 31.8. The Morgan fingerprint density at radius 2 is 0.788 bits per heavy atom. The van der Waals surface area contributed by atoms with Crippen molar-refractivity contribution in [3.05, 3.63) is 177 Å². The molecule has 18 atom stereocenters. The van der Waals surface area contributed by atoms with Gasteiger partial charge in [0, 0.05) is 74.2 Å². The fourth-order valence-corrected chi connectivity index (χ4v) is 15.5. The van der Waals surface area contributed by atoms with Crippen molar-refractivity contribution < 1.29 is 28.6 Å². The number of hydrogen-bond acceptors (Lipinski definition) is 9. The number of benzene rings is 3. The van der Waals surface area contributed by atoms with Crippen LogP contribution in [0.25, 0.3) is 51.6 Å². The normalized spacial score (nSPS) is 32.1. The number of cyclic esters (lactones) is 3. The summed E-state index contributed by atoms with van der Waals surface area (Å²) in [6, 6.07) is 33.3. The van der Waals surface area contributed by atoms with E-state index >= 15 is 0 Å². The summed E-state index contributed by atoms with van der Waals surface area (Å²) in [6.07, 6.45) is 21.3. The highest BCUT2D eigenvalue weighted by Crippen LogP contribution is 2.52. The third-order valence-corrected chi connectivity index (χ3v) is 21.4. The van der Waals surface area contributed by atoms with Gasteiger partial charge in [-0.05, 0) is 160 Å². The molecule has 0 spiro atoms. The van der Waals surface area contributed by atoms with Crippen LogP contribution in [0.4, 0.5) is 0 Å². The Morgan fingerprint density at radius 1 is 0.412 bits per heavy atom. The molecule has 3 aliphatic carbocycles. The van der Waals surface area contributed by atoms with Gasteiger partial charge in [0.15, 0.2) is 0 Å². The van der Waals surface area contributed by atoms with E-state index in [1.165, 1.54) is 0 Å². The molecule has 0 radical (unpaired) electrons. The number of aromatic nitrogens is 3. The number of ether oxygens (including phenoxy) is 3. The van der Waals surface area contributed by atoms with E-state index < -0.39 is 0 Å². The molecule has 3 aliphatic heterocycles. The maximum atomic E-state index is 12.2. The average Bonchev–Trinajstić information content (AvgIpc) is 2.45. The first kappa shape index (κ1) is 62.0. The van der Waals surface area contributed by atoms with Crippen molar-refractivity contribution in [2.45, 2.75) is 99.9 Å². The van der Waals surface area contributed by atoms with Crippen LogP contribution in [0.15, 0.2) is 140 Å². The highest BCUT2D eigenvalue weighted by Gasteiger charge is 2.54. The molecular weight excluding hydrogens is 1140 g/mol. The summed E-state index contributed by atoms with van der Waals surface area (Å²) in [7, 11) is 0. The molecule has 6 fully saturated rings. The van der Waals surface area contributed by atoms with Gasteiger partial charge in [-0.3, -0.25) is 29.3 Å². The van der Waals surface area contributed by atoms with Gasteiger partial charge in [0.25, 0.3) is 0 Å². The molecule has 3 aromatic heterocycles. The van der Waals surface area contributed by atoms with Crippen LogP contribution in [0.1, 0.15) is 98.7 Å². The van der Waals surface area contributed by atoms with Gasteiger partial charge in [0.05, 0.1) is 44.9 Å². The molecule has 6 heterocycles. The summed E-state index contributed by atoms with van der Waals surface area (Å²) in [5.41, 5.74) is 8.61. The number of pyridine rings is 3. The summed E-state index contributed by atoms with van der Waals surface area (Å²) in [6.45, 7) is 19.7. The Kier molecular flexibility index (Phi) is 19.6. The van der Waals surface area contributed by atoms with Crippen LogP contribution >= 0.6 is 46.4 Å². The molecule has 0 amide bonds. The van der Waals surface area contributed by atoms with Crippen molar-refractivity contribution in [2.24, 2.45) is 88.8 Å². The van der Waals surface area contributed by atoms with Gasteiger partial charge in [-0.1, -0.05) is 167 Å². The van der Waals surface area contributed by atoms with E-state index in [4.69, 9.17) is 60.6 Å². The van der Waals surface area contributed by atoms with E-state index in [9.17, 15) is 14.4 Å². The molecule has 85 heavy (non-hydrogen) atoms. The Morgan fingerprint density at radius 3 is 1.19 bits per heavy atom. The number of allylic oxidation sites excluding steroid dienone is 3. The number of hydrogen-bond donors (Lipinski definition) is 0. The van der Waals surface area contributed by atoms with Crippen LogP contribution in [0.5, 0.6) is 0 Å². The zero-order valence-electron chi connectivity index (χ0n) is 49.8. The van der Waals surface area contributed by atoms with Gasteiger partial charge >= 0.3 is 17.9 Å². The summed E-state index contributed by atoms with van der Waals surface area (Å²) in [5, 5.41) is 2.52. The van der Waals surface area contributed by atoms with E-state index in [0.717, 1.165) is 79.8 Å². The first-order chi connectivity index (χ1) is 40.8. The average molecular weight is 1220 g/mol. The Labute approximate surface area is 522 Å². The number of esters is 3. The minimum Gasteiger partial charge on any atom is -0.462 e. The molecule has 3 aromatic carbocycles. The zero-order valence-corrected chi connectivity index (χ0v) is 52.9. The smallest absolute Gasteiger partial charge is 0.309 e. The minimum absolute atomic E-state index is 0.0136. The second-order valence-corrected chi connectivity index (χ2v) is 26.6. The molecular formula is C72H77Cl4N3O6. The summed E-state index contributed by atoms with van der Waals surface area (Å²) >= 11 is 24.8. The SMILES string of the molecule is C[C@H]1[C@H](/C=C/c2ccc(-c3cccc(Cl)c3)cn2)[C@@H]2[C@@H](C)OC(=O)[C@@H]2C[C@@H]1C.C[C@H]1[C@H](/C=C/c2ccc(-c3cccc(Cl)c3Cl)cn2)[C@@H]2[C@@H](C)OC(=O)[C@@H]2C[C@@H]1C.C[C@H]1[C@H](/C=C/c2ccc(-c3ccccc3Cl)cn2)[C@@H]2[C@@H](C)OC(=O)[C@@H]2C[C@@H]1C. The highest BCUT2D eigenvalue weighted by atomic mass is 35.5. The molecule has 13 heteroatoms. The second-order valence-electron chi connectivity index (χ2n) is 25.0. The lowest BCUT2D eigenvalue weighted by Crippen LogP contribution is -2.39. The van der Waals surface area contributed by atoms with Crippen LogP contribution in [-0.2, 0) is 28.6 Å². The fraction of sp³-hybridized carbons (Fsp3) is 0.417. The van der Waals surface area contributed by atoms with E-state index in [0.29, 0.717) is 63.3 Å². The monoisotopic (exact) mass is 1220 g/mol. The molecule has 6 aliphatic rings. The minimum atomic E-state index is -0.0302. The first-order valence-electron chi connectivity index (χ1n) is 30.3. The molecule has 3 saturated heterocycles. The fourth-order valence-electron chi connectivity index (χ4n) is 14.7. The van der Waals surface area contributed by atoms with E-state index in [-0.39, 0.29) is 71.7 Å². The molecule has 0 unspecified atom stereocenters. The third-order valence-electron chi connectivity index (χ3n) is 20.0. The predicted molar refractivity (Wildman–Crippen MR) is 343 cm³/mol. The standard InChI is InChI=1S/C24H25Cl2NO2.2C24H26ClNO2/c1-13-11-20-22(15(3)29-24(20)28)18(14(13)2)10-9-17-8-7-16(12-27-17)19-5-4-6-21(25)23(19)26;1-14-11-22-23(16(3)28-24(22)27)21(15(14)2)10-9-20-8-7-18(13-26-20)17-5-4-6-19(25)12-17;1-14-12-21-23(16(3)28-24(21)27)19(15(14)2)11-10-18-9-8-17(13-26-18)20-6-4-5-7-22(20)25/h4-10,12-15,18,20,22H,11H2,1-3H3;4-10,12-16,21-23H,11H2,1-3H3;4-11,13-16,19,21,23H,12H2,1-3H3/b2*10-9+;11-10+/t13-,14+,15+,18-,20+,22-;14-,15+,16+,21-,22+,23-;14-,15+,16+,19-,21+,23-/m000/s1. The number of nitrogens with zero attached hydrogens (tertiary/aromatic N) is 3. The molecule has 0 N–H and O–H groups in total. The van der Waals surface area contributed by atoms with Crippen LogP contribution in [0.3, 0.4) is 0 Å². The lowest BCUT2D eigenvalue weighted by Gasteiger charge is -2.40. The van der Waals surface area contributed by atoms with Crippen molar-refractivity contribution in [3.63, 3.8) is 0 Å². The second kappa shape index (κ2) is 26.9. The lowest BCUT2D eigenvalue weighted by molar-refractivity contribution is -0.145. The van der Waals surface area contributed by atoms with Crippen LogP contribution in [0, 0.1) is 88.8 Å². The number of fused-ring (bicyclic) bond motifs is 3. The molecule has 0 bridgehead atoms. The summed E-state index contributed by atoms with van der Waals surface area (Å²) < 4.78 is 16.7. The number of carbonyl (C=O) groups is 3. The maximum absolute atomic E-state index is 12.2. The van der Waals surface area contributed by atoms with Gasteiger partial charge in [0.2, 0.25) is 0 Å². The van der Waals surface area contributed by atoms with Crippen LogP contribution in [-0.4, -0.2) is 51.2 Å². The van der Waals surface area contributed by atoms with Gasteiger partial charge in [-0.15, -0.1) is 0 Å². The van der Waals surface area contributed by atoms with Crippen molar-refractivity contribution in [1.29, 1.82) is 0 Å². The van der Waals surface area contributed by atoms with Gasteiger partial charge in [-0.25, -0.2) is 0 Å². The van der Waals surface area contributed by atoms with Crippen molar-refractivity contribution in [3.8, 4) is 33.4 Å². The Balaban J connectivity index is 0.000000142. The Hall–Kier alpha value is -6.10. The van der Waals surface area contributed by atoms with Gasteiger partial charge < -0.3 is 14.2 Å². The zero-order chi connectivity index (χ0) is 60.4. The van der Waals surface area contributed by atoms with Crippen molar-refractivity contribution >= 4 is 82.5 Å². The van der Waals surface area contributed by atoms with Gasteiger partial charge in [-0.2, -0.15) is 0 Å². The predicted octanol–water partition coefficient (Wildman–Crippen LogP) is 18.3. The summed E-state index contributed by atoms with van der Waals surface area (Å²) in [4.78, 5) is 50.5. The molecule has 444 valence electrons. The molecule has 3 saturated carbocycles. The number of halogens is 4. The van der Waals surface area contributed by atoms with E-state index in [1.807, 2.05) is 124 Å².